The lowest BCUT2D eigenvalue weighted by Crippen LogP contribution is -1.98. The van der Waals surface area contributed by atoms with Gasteiger partial charge in [0.1, 0.15) is 5.75 Å². The topological polar surface area (TPSA) is 61.0 Å². The smallest absolute Gasteiger partial charge is 0.224 e. The van der Waals surface area contributed by atoms with E-state index in [1.165, 1.54) is 0 Å². The minimum absolute atomic E-state index is 0.226. The molecule has 1 aromatic carbocycles. The van der Waals surface area contributed by atoms with Crippen molar-refractivity contribution in [3.05, 3.63) is 41.1 Å². The molecule has 0 bridgehead atoms. The fourth-order valence-corrected chi connectivity index (χ4v) is 1.73. The van der Waals surface area contributed by atoms with E-state index in [0.717, 1.165) is 22.6 Å². The summed E-state index contributed by atoms with van der Waals surface area (Å²) in [6, 6.07) is 7.77. The number of aryl methyl sites for hydroxylation is 3. The lowest BCUT2D eigenvalue weighted by Gasteiger charge is -2.07. The molecule has 0 atom stereocenters. The van der Waals surface area contributed by atoms with Gasteiger partial charge in [-0.05, 0) is 44.0 Å². The maximum Gasteiger partial charge on any atom is 0.224 e. The SMILES string of the molecule is Cc1cc(C)cc(Oc2cc(C)nc(N)n2)c1. The van der Waals surface area contributed by atoms with E-state index in [-0.39, 0.29) is 5.95 Å². The highest BCUT2D eigenvalue weighted by atomic mass is 16.5. The Balaban J connectivity index is 2.31. The van der Waals surface area contributed by atoms with Gasteiger partial charge in [0.05, 0.1) is 0 Å². The van der Waals surface area contributed by atoms with Crippen molar-refractivity contribution in [1.82, 2.24) is 9.97 Å². The van der Waals surface area contributed by atoms with Gasteiger partial charge >= 0.3 is 0 Å². The molecule has 0 aliphatic heterocycles. The Morgan fingerprint density at radius 2 is 1.59 bits per heavy atom. The van der Waals surface area contributed by atoms with E-state index < -0.39 is 0 Å². The number of benzene rings is 1. The van der Waals surface area contributed by atoms with E-state index in [9.17, 15) is 0 Å². The van der Waals surface area contributed by atoms with E-state index >= 15 is 0 Å². The highest BCUT2D eigenvalue weighted by Gasteiger charge is 2.03. The van der Waals surface area contributed by atoms with Gasteiger partial charge in [-0.15, -0.1) is 0 Å². The monoisotopic (exact) mass is 229 g/mol. The number of nitrogen functional groups attached to an aromatic ring is 1. The molecule has 88 valence electrons. The summed E-state index contributed by atoms with van der Waals surface area (Å²) in [4.78, 5) is 8.03. The summed E-state index contributed by atoms with van der Waals surface area (Å²) in [5.41, 5.74) is 8.66. The summed E-state index contributed by atoms with van der Waals surface area (Å²) < 4.78 is 5.67. The molecule has 4 heteroatoms. The standard InChI is InChI=1S/C13H15N3O/c1-8-4-9(2)6-11(5-8)17-12-7-10(3)15-13(14)16-12/h4-7H,1-3H3,(H2,14,15,16). The first-order valence-corrected chi connectivity index (χ1v) is 5.40. The first-order valence-electron chi connectivity index (χ1n) is 5.40. The Labute approximate surface area is 100 Å². The van der Waals surface area contributed by atoms with E-state index in [2.05, 4.69) is 16.0 Å². The zero-order chi connectivity index (χ0) is 12.4. The Hall–Kier alpha value is -2.10. The lowest BCUT2D eigenvalue weighted by atomic mass is 10.1. The summed E-state index contributed by atoms with van der Waals surface area (Å²) in [7, 11) is 0. The summed E-state index contributed by atoms with van der Waals surface area (Å²) in [5.74, 6) is 1.46. The number of ether oxygens (including phenoxy) is 1. The highest BCUT2D eigenvalue weighted by Crippen LogP contribution is 2.22. The van der Waals surface area contributed by atoms with Crippen LogP contribution >= 0.6 is 0 Å². The second-order valence-corrected chi connectivity index (χ2v) is 4.13. The number of nitrogens with zero attached hydrogens (tertiary/aromatic N) is 2. The van der Waals surface area contributed by atoms with Crippen LogP contribution in [0.2, 0.25) is 0 Å². The van der Waals surface area contributed by atoms with Gasteiger partial charge < -0.3 is 10.5 Å². The minimum Gasteiger partial charge on any atom is -0.439 e. The van der Waals surface area contributed by atoms with Crippen molar-refractivity contribution in [1.29, 1.82) is 0 Å². The summed E-state index contributed by atoms with van der Waals surface area (Å²) in [6.07, 6.45) is 0. The molecular formula is C13H15N3O. The Kier molecular flexibility index (Phi) is 2.95. The van der Waals surface area contributed by atoms with E-state index in [0.29, 0.717) is 5.88 Å². The van der Waals surface area contributed by atoms with Crippen molar-refractivity contribution >= 4 is 5.95 Å². The molecule has 0 aliphatic carbocycles. The predicted molar refractivity (Wildman–Crippen MR) is 67.2 cm³/mol. The van der Waals surface area contributed by atoms with Crippen molar-refractivity contribution in [2.24, 2.45) is 0 Å². The molecule has 4 nitrogen and oxygen atoms in total. The van der Waals surface area contributed by atoms with Gasteiger partial charge in [0.25, 0.3) is 0 Å². The van der Waals surface area contributed by atoms with Crippen LogP contribution in [-0.4, -0.2) is 9.97 Å². The molecule has 0 amide bonds. The van der Waals surface area contributed by atoms with Gasteiger partial charge in [-0.25, -0.2) is 4.98 Å². The molecule has 17 heavy (non-hydrogen) atoms. The van der Waals surface area contributed by atoms with Gasteiger partial charge in [0.2, 0.25) is 11.8 Å². The third-order valence-electron chi connectivity index (χ3n) is 2.27. The van der Waals surface area contributed by atoms with E-state index in [4.69, 9.17) is 10.5 Å². The van der Waals surface area contributed by atoms with Gasteiger partial charge in [-0.2, -0.15) is 4.98 Å². The van der Waals surface area contributed by atoms with Crippen LogP contribution in [0.3, 0.4) is 0 Å². The number of aromatic nitrogens is 2. The molecule has 0 aliphatic rings. The quantitative estimate of drug-likeness (QED) is 0.860. The molecule has 0 radical (unpaired) electrons. The van der Waals surface area contributed by atoms with Crippen LogP contribution in [0.4, 0.5) is 5.95 Å². The summed E-state index contributed by atoms with van der Waals surface area (Å²) in [5, 5.41) is 0. The normalized spacial score (nSPS) is 10.3. The molecule has 0 fully saturated rings. The van der Waals surface area contributed by atoms with Crippen LogP contribution in [-0.2, 0) is 0 Å². The van der Waals surface area contributed by atoms with Crippen LogP contribution in [0.5, 0.6) is 11.6 Å². The van der Waals surface area contributed by atoms with Gasteiger partial charge in [-0.1, -0.05) is 6.07 Å². The molecule has 1 aromatic heterocycles. The van der Waals surface area contributed by atoms with E-state index in [1.807, 2.05) is 32.9 Å². The average molecular weight is 229 g/mol. The van der Waals surface area contributed by atoms with Crippen molar-refractivity contribution in [3.8, 4) is 11.6 Å². The fourth-order valence-electron chi connectivity index (χ4n) is 1.73. The number of hydrogen-bond acceptors (Lipinski definition) is 4. The molecule has 2 N–H and O–H groups in total. The number of nitrogens with two attached hydrogens (primary N) is 1. The van der Waals surface area contributed by atoms with Gasteiger partial charge in [0.15, 0.2) is 0 Å². The zero-order valence-electron chi connectivity index (χ0n) is 10.2. The maximum atomic E-state index is 5.67. The average Bonchev–Trinajstić information content (AvgIpc) is 2.13. The molecule has 0 saturated heterocycles. The van der Waals surface area contributed by atoms with Crippen LogP contribution in [0.15, 0.2) is 24.3 Å². The van der Waals surface area contributed by atoms with Crippen molar-refractivity contribution in [3.63, 3.8) is 0 Å². The van der Waals surface area contributed by atoms with Crippen LogP contribution in [0.25, 0.3) is 0 Å². The molecular weight excluding hydrogens is 214 g/mol. The Morgan fingerprint density at radius 3 is 2.18 bits per heavy atom. The number of hydrogen-bond donors (Lipinski definition) is 1. The minimum atomic E-state index is 0.226. The maximum absolute atomic E-state index is 5.67. The number of anilines is 1. The van der Waals surface area contributed by atoms with Crippen molar-refractivity contribution in [2.45, 2.75) is 20.8 Å². The molecule has 0 unspecified atom stereocenters. The van der Waals surface area contributed by atoms with Crippen LogP contribution in [0.1, 0.15) is 16.8 Å². The third kappa shape index (κ3) is 2.93. The first kappa shape index (κ1) is 11.4. The summed E-state index contributed by atoms with van der Waals surface area (Å²) >= 11 is 0. The third-order valence-corrected chi connectivity index (χ3v) is 2.27. The Morgan fingerprint density at radius 1 is 0.941 bits per heavy atom. The fraction of sp³-hybridized carbons (Fsp3) is 0.231. The molecule has 0 spiro atoms. The molecule has 0 saturated carbocycles. The van der Waals surface area contributed by atoms with E-state index in [1.54, 1.807) is 6.07 Å². The largest absolute Gasteiger partial charge is 0.439 e. The van der Waals surface area contributed by atoms with Crippen LogP contribution in [0, 0.1) is 20.8 Å². The van der Waals surface area contributed by atoms with Crippen molar-refractivity contribution < 1.29 is 4.74 Å². The second-order valence-electron chi connectivity index (χ2n) is 4.13. The zero-order valence-corrected chi connectivity index (χ0v) is 10.2. The molecule has 1 heterocycles. The van der Waals surface area contributed by atoms with Gasteiger partial charge in [0, 0.05) is 11.8 Å². The summed E-state index contributed by atoms with van der Waals surface area (Å²) in [6.45, 7) is 5.91. The van der Waals surface area contributed by atoms with Gasteiger partial charge in [-0.3, -0.25) is 0 Å². The second kappa shape index (κ2) is 4.41. The molecule has 2 aromatic rings. The number of rotatable bonds is 2. The van der Waals surface area contributed by atoms with Crippen molar-refractivity contribution in [2.75, 3.05) is 5.73 Å². The first-order chi connectivity index (χ1) is 8.02. The lowest BCUT2D eigenvalue weighted by molar-refractivity contribution is 0.461. The van der Waals surface area contributed by atoms with Crippen LogP contribution < -0.4 is 10.5 Å². The highest BCUT2D eigenvalue weighted by molar-refractivity contribution is 5.36. The molecule has 2 rings (SSSR count). The Bertz CT molecular complexity index is 462. The predicted octanol–water partition coefficient (Wildman–Crippen LogP) is 2.78.